The highest BCUT2D eigenvalue weighted by molar-refractivity contribution is 6.01. The van der Waals surface area contributed by atoms with E-state index in [0.717, 1.165) is 51.0 Å². The van der Waals surface area contributed by atoms with Crippen LogP contribution >= 0.6 is 0 Å². The van der Waals surface area contributed by atoms with Gasteiger partial charge < -0.3 is 14.5 Å². The molecular formula is C26H31NO3. The molecule has 1 atom stereocenters. The predicted octanol–water partition coefficient (Wildman–Crippen LogP) is 6.43. The van der Waals surface area contributed by atoms with Gasteiger partial charge in [0.1, 0.15) is 11.3 Å². The van der Waals surface area contributed by atoms with Crippen molar-refractivity contribution in [1.29, 1.82) is 0 Å². The first-order valence-electron chi connectivity index (χ1n) is 10.6. The highest BCUT2D eigenvalue weighted by Gasteiger charge is 2.19. The van der Waals surface area contributed by atoms with E-state index in [2.05, 4.69) is 49.5 Å². The third-order valence-electron chi connectivity index (χ3n) is 5.47. The van der Waals surface area contributed by atoms with Gasteiger partial charge in [-0.25, -0.2) is 0 Å². The average molecular weight is 406 g/mol. The fourth-order valence-corrected chi connectivity index (χ4v) is 3.56. The number of ether oxygens (including phenoxy) is 1. The highest BCUT2D eigenvalue weighted by atomic mass is 16.5. The molecule has 3 aromatic rings. The van der Waals surface area contributed by atoms with Gasteiger partial charge in [-0.3, -0.25) is 4.79 Å². The number of hydrogen-bond donors (Lipinski definition) is 1. The van der Waals surface area contributed by atoms with Crippen molar-refractivity contribution >= 4 is 22.4 Å². The summed E-state index contributed by atoms with van der Waals surface area (Å²) in [5.41, 5.74) is 6.89. The van der Waals surface area contributed by atoms with Crippen LogP contribution in [0.5, 0.6) is 5.75 Å². The van der Waals surface area contributed by atoms with Crippen molar-refractivity contribution in [3.63, 3.8) is 0 Å². The lowest BCUT2D eigenvalue weighted by Gasteiger charge is -2.15. The first kappa shape index (κ1) is 21.7. The molecule has 0 fully saturated rings. The number of amides is 1. The van der Waals surface area contributed by atoms with Gasteiger partial charge in [-0.1, -0.05) is 36.8 Å². The number of carbonyl (C=O) groups is 1. The molecule has 3 rings (SSSR count). The molecule has 1 amide bonds. The average Bonchev–Trinajstić information content (AvgIpc) is 3.14. The Morgan fingerprint density at radius 3 is 2.53 bits per heavy atom. The number of aryl methyl sites for hydroxylation is 2. The molecule has 0 aliphatic rings. The Morgan fingerprint density at radius 2 is 1.90 bits per heavy atom. The minimum absolute atomic E-state index is 0.0898. The Morgan fingerprint density at radius 1 is 1.20 bits per heavy atom. The molecule has 0 spiro atoms. The van der Waals surface area contributed by atoms with Crippen LogP contribution in [0.4, 0.5) is 0 Å². The normalized spacial score (nSPS) is 12.8. The lowest BCUT2D eigenvalue weighted by molar-refractivity contribution is -0.117. The van der Waals surface area contributed by atoms with Crippen LogP contribution in [0.1, 0.15) is 50.8 Å². The van der Waals surface area contributed by atoms with Crippen molar-refractivity contribution in [3.8, 4) is 16.9 Å². The number of hydrogen-bond acceptors (Lipinski definition) is 3. The van der Waals surface area contributed by atoms with Crippen LogP contribution in [0.25, 0.3) is 27.7 Å². The van der Waals surface area contributed by atoms with Crippen molar-refractivity contribution < 1.29 is 13.9 Å². The Kier molecular flexibility index (Phi) is 6.66. The third kappa shape index (κ3) is 4.43. The van der Waals surface area contributed by atoms with Gasteiger partial charge in [-0.05, 0) is 58.2 Å². The minimum atomic E-state index is -0.0898. The van der Waals surface area contributed by atoms with E-state index in [1.165, 1.54) is 5.56 Å². The maximum absolute atomic E-state index is 12.4. The molecule has 1 unspecified atom stereocenters. The second-order valence-electron chi connectivity index (χ2n) is 7.85. The van der Waals surface area contributed by atoms with E-state index >= 15 is 0 Å². The van der Waals surface area contributed by atoms with Crippen LogP contribution in [0.2, 0.25) is 0 Å². The summed E-state index contributed by atoms with van der Waals surface area (Å²) in [7, 11) is 0. The van der Waals surface area contributed by atoms with E-state index in [9.17, 15) is 4.79 Å². The molecule has 0 radical (unpaired) electrons. The van der Waals surface area contributed by atoms with Crippen LogP contribution in [-0.2, 0) is 4.79 Å². The summed E-state index contributed by atoms with van der Waals surface area (Å²) in [6.07, 6.45) is 4.35. The van der Waals surface area contributed by atoms with Crippen LogP contribution in [0, 0.1) is 13.8 Å². The second kappa shape index (κ2) is 9.21. The van der Waals surface area contributed by atoms with Gasteiger partial charge in [0.05, 0.1) is 12.9 Å². The summed E-state index contributed by atoms with van der Waals surface area (Å²) in [6.45, 7) is 12.6. The molecule has 0 saturated carbocycles. The molecule has 1 aromatic heterocycles. The topological polar surface area (TPSA) is 51.5 Å². The molecule has 30 heavy (non-hydrogen) atoms. The number of carbonyl (C=O) groups excluding carboxylic acids is 1. The molecule has 2 aromatic carbocycles. The van der Waals surface area contributed by atoms with Gasteiger partial charge in [0.25, 0.3) is 0 Å². The lowest BCUT2D eigenvalue weighted by atomic mass is 9.96. The van der Waals surface area contributed by atoms with E-state index in [4.69, 9.17) is 9.15 Å². The molecule has 0 saturated heterocycles. The van der Waals surface area contributed by atoms with Crippen molar-refractivity contribution in [2.24, 2.45) is 0 Å². The lowest BCUT2D eigenvalue weighted by Crippen LogP contribution is -2.30. The molecule has 4 nitrogen and oxygen atoms in total. The fourth-order valence-electron chi connectivity index (χ4n) is 3.56. The van der Waals surface area contributed by atoms with Gasteiger partial charge >= 0.3 is 0 Å². The third-order valence-corrected chi connectivity index (χ3v) is 5.47. The molecular weight excluding hydrogens is 374 g/mol. The van der Waals surface area contributed by atoms with Gasteiger partial charge in [0.15, 0.2) is 0 Å². The van der Waals surface area contributed by atoms with Crippen LogP contribution < -0.4 is 10.1 Å². The summed E-state index contributed by atoms with van der Waals surface area (Å²) in [4.78, 5) is 12.4. The summed E-state index contributed by atoms with van der Waals surface area (Å²) in [5, 5.41) is 4.01. The first-order chi connectivity index (χ1) is 14.3. The maximum atomic E-state index is 12.4. The number of rotatable bonds is 7. The van der Waals surface area contributed by atoms with Crippen LogP contribution in [0.15, 0.2) is 47.1 Å². The summed E-state index contributed by atoms with van der Waals surface area (Å²) in [6, 6.07) is 10.6. The van der Waals surface area contributed by atoms with Crippen molar-refractivity contribution in [3.05, 3.63) is 59.4 Å². The molecule has 0 aliphatic carbocycles. The minimum Gasteiger partial charge on any atom is -0.493 e. The zero-order valence-electron chi connectivity index (χ0n) is 18.8. The Balaban J connectivity index is 2.14. The van der Waals surface area contributed by atoms with Gasteiger partial charge in [0.2, 0.25) is 5.91 Å². The van der Waals surface area contributed by atoms with Gasteiger partial charge in [0, 0.05) is 34.2 Å². The summed E-state index contributed by atoms with van der Waals surface area (Å²) >= 11 is 0. The Bertz CT molecular complexity index is 1070. The Hall–Kier alpha value is -3.01. The van der Waals surface area contributed by atoms with E-state index in [1.54, 1.807) is 12.3 Å². The number of furan rings is 1. The molecule has 158 valence electrons. The van der Waals surface area contributed by atoms with Crippen LogP contribution in [-0.4, -0.2) is 18.6 Å². The molecule has 0 aliphatic heterocycles. The number of benzene rings is 2. The largest absolute Gasteiger partial charge is 0.493 e. The first-order valence-corrected chi connectivity index (χ1v) is 10.6. The number of fused-ring (bicyclic) bond motifs is 1. The zero-order chi connectivity index (χ0) is 21.8. The Labute approximate surface area is 178 Å². The standard InChI is InChI=1S/C26H31NO3/c1-7-18(5)27-24(28)13-17(4)21-14-22-23(20-11-9-16(3)10-12-20)15-30-26(22)19(6)25(21)29-8-2/h9-15,18H,7-8H2,1-6H3,(H,27,28)/b17-13+. The molecule has 1 N–H and O–H groups in total. The predicted molar refractivity (Wildman–Crippen MR) is 124 cm³/mol. The fraction of sp³-hybridized carbons (Fsp3) is 0.346. The van der Waals surface area contributed by atoms with Gasteiger partial charge in [-0.15, -0.1) is 0 Å². The van der Waals surface area contributed by atoms with E-state index in [0.29, 0.717) is 6.61 Å². The monoisotopic (exact) mass is 405 g/mol. The zero-order valence-corrected chi connectivity index (χ0v) is 18.8. The second-order valence-corrected chi connectivity index (χ2v) is 7.85. The number of nitrogens with one attached hydrogen (secondary N) is 1. The van der Waals surface area contributed by atoms with Crippen molar-refractivity contribution in [2.75, 3.05) is 6.61 Å². The number of allylic oxidation sites excluding steroid dienone is 1. The van der Waals surface area contributed by atoms with Crippen molar-refractivity contribution in [2.45, 2.75) is 54.0 Å². The summed E-state index contributed by atoms with van der Waals surface area (Å²) < 4.78 is 11.9. The SMILES string of the molecule is CCOc1c(/C(C)=C/C(=O)NC(C)CC)cc2c(-c3ccc(C)cc3)coc2c1C. The quantitative estimate of drug-likeness (QED) is 0.461. The highest BCUT2D eigenvalue weighted by Crippen LogP contribution is 2.40. The van der Waals surface area contributed by atoms with E-state index in [1.807, 2.05) is 27.7 Å². The van der Waals surface area contributed by atoms with Crippen LogP contribution in [0.3, 0.4) is 0 Å². The van der Waals surface area contributed by atoms with Crippen molar-refractivity contribution in [1.82, 2.24) is 5.32 Å². The smallest absolute Gasteiger partial charge is 0.244 e. The molecule has 0 bridgehead atoms. The molecule has 4 heteroatoms. The van der Waals surface area contributed by atoms with E-state index in [-0.39, 0.29) is 11.9 Å². The summed E-state index contributed by atoms with van der Waals surface area (Å²) in [5.74, 6) is 0.674. The maximum Gasteiger partial charge on any atom is 0.244 e. The van der Waals surface area contributed by atoms with E-state index < -0.39 is 0 Å². The molecule has 1 heterocycles. The van der Waals surface area contributed by atoms with Gasteiger partial charge in [-0.2, -0.15) is 0 Å².